The zero-order chi connectivity index (χ0) is 11.4. The lowest BCUT2D eigenvalue weighted by Crippen LogP contribution is -2.27. The second-order valence-corrected chi connectivity index (χ2v) is 4.10. The molecule has 0 radical (unpaired) electrons. The molecule has 0 bridgehead atoms. The Morgan fingerprint density at radius 3 is 2.60 bits per heavy atom. The van der Waals surface area contributed by atoms with Crippen molar-refractivity contribution >= 4 is 17.3 Å². The summed E-state index contributed by atoms with van der Waals surface area (Å²) in [5.41, 5.74) is 11.3. The SMILES string of the molecule is CC(C)=CC(NN)c1ccc(Cl)cc1N. The summed E-state index contributed by atoms with van der Waals surface area (Å²) in [6.45, 7) is 4.02. The van der Waals surface area contributed by atoms with Crippen molar-refractivity contribution in [3.05, 3.63) is 40.4 Å². The molecule has 0 aliphatic rings. The van der Waals surface area contributed by atoms with Gasteiger partial charge in [0.2, 0.25) is 0 Å². The van der Waals surface area contributed by atoms with E-state index < -0.39 is 0 Å². The molecule has 15 heavy (non-hydrogen) atoms. The van der Waals surface area contributed by atoms with E-state index in [1.807, 2.05) is 26.0 Å². The Morgan fingerprint density at radius 2 is 2.13 bits per heavy atom. The summed E-state index contributed by atoms with van der Waals surface area (Å²) in [5.74, 6) is 5.48. The van der Waals surface area contributed by atoms with Gasteiger partial charge in [0.25, 0.3) is 0 Å². The van der Waals surface area contributed by atoms with Gasteiger partial charge < -0.3 is 5.73 Å². The fourth-order valence-corrected chi connectivity index (χ4v) is 1.57. The molecule has 4 heteroatoms. The van der Waals surface area contributed by atoms with Gasteiger partial charge in [-0.2, -0.15) is 0 Å². The maximum atomic E-state index is 5.86. The minimum Gasteiger partial charge on any atom is -0.398 e. The molecule has 0 aliphatic carbocycles. The first kappa shape index (κ1) is 12.0. The van der Waals surface area contributed by atoms with Gasteiger partial charge in [0.05, 0.1) is 6.04 Å². The van der Waals surface area contributed by atoms with Crippen molar-refractivity contribution in [1.29, 1.82) is 0 Å². The third-order valence-electron chi connectivity index (χ3n) is 2.06. The Hall–Kier alpha value is -1.03. The van der Waals surface area contributed by atoms with E-state index in [-0.39, 0.29) is 6.04 Å². The molecule has 5 N–H and O–H groups in total. The molecule has 1 rings (SSSR count). The van der Waals surface area contributed by atoms with E-state index >= 15 is 0 Å². The first-order valence-corrected chi connectivity index (χ1v) is 5.08. The van der Waals surface area contributed by atoms with E-state index in [0.29, 0.717) is 10.7 Å². The summed E-state index contributed by atoms with van der Waals surface area (Å²) in [7, 11) is 0. The van der Waals surface area contributed by atoms with Crippen LogP contribution in [0.25, 0.3) is 0 Å². The molecule has 1 atom stereocenters. The number of rotatable bonds is 3. The highest BCUT2D eigenvalue weighted by molar-refractivity contribution is 6.30. The molecule has 3 nitrogen and oxygen atoms in total. The molecular weight excluding hydrogens is 210 g/mol. The van der Waals surface area contributed by atoms with E-state index in [0.717, 1.165) is 5.56 Å². The van der Waals surface area contributed by atoms with Gasteiger partial charge in [0, 0.05) is 10.7 Å². The summed E-state index contributed by atoms with van der Waals surface area (Å²) in [4.78, 5) is 0. The lowest BCUT2D eigenvalue weighted by molar-refractivity contribution is 0.653. The maximum Gasteiger partial charge on any atom is 0.0663 e. The van der Waals surface area contributed by atoms with Crippen LogP contribution in [0, 0.1) is 0 Å². The topological polar surface area (TPSA) is 64.1 Å². The van der Waals surface area contributed by atoms with Crippen LogP contribution in [0.3, 0.4) is 0 Å². The number of hydrogen-bond acceptors (Lipinski definition) is 3. The lowest BCUT2D eigenvalue weighted by Gasteiger charge is -2.15. The predicted octanol–water partition coefficient (Wildman–Crippen LogP) is 2.39. The van der Waals surface area contributed by atoms with E-state index in [4.69, 9.17) is 23.2 Å². The van der Waals surface area contributed by atoms with Crippen molar-refractivity contribution in [3.8, 4) is 0 Å². The van der Waals surface area contributed by atoms with Crippen molar-refractivity contribution in [1.82, 2.24) is 5.43 Å². The van der Waals surface area contributed by atoms with Gasteiger partial charge in [-0.1, -0.05) is 29.3 Å². The maximum absolute atomic E-state index is 5.86. The molecule has 82 valence electrons. The number of hydrogen-bond donors (Lipinski definition) is 3. The van der Waals surface area contributed by atoms with Crippen LogP contribution >= 0.6 is 11.6 Å². The Bertz CT molecular complexity index is 370. The summed E-state index contributed by atoms with van der Waals surface area (Å²) in [5, 5.41) is 0.629. The van der Waals surface area contributed by atoms with Gasteiger partial charge in [0.15, 0.2) is 0 Å². The molecular formula is C11H16ClN3. The van der Waals surface area contributed by atoms with E-state index in [1.54, 1.807) is 12.1 Å². The molecule has 0 fully saturated rings. The number of hydrazine groups is 1. The highest BCUT2D eigenvalue weighted by Gasteiger charge is 2.09. The minimum atomic E-state index is -0.0766. The number of allylic oxidation sites excluding steroid dienone is 1. The number of nitrogen functional groups attached to an aromatic ring is 1. The van der Waals surface area contributed by atoms with Crippen molar-refractivity contribution in [2.75, 3.05) is 5.73 Å². The van der Waals surface area contributed by atoms with Gasteiger partial charge in [-0.05, 0) is 31.5 Å². The highest BCUT2D eigenvalue weighted by Crippen LogP contribution is 2.25. The van der Waals surface area contributed by atoms with Crippen LogP contribution < -0.4 is 17.0 Å². The van der Waals surface area contributed by atoms with Crippen LogP contribution in [0.15, 0.2) is 29.8 Å². The molecule has 0 heterocycles. The molecule has 0 amide bonds. The van der Waals surface area contributed by atoms with Crippen LogP contribution in [-0.4, -0.2) is 0 Å². The van der Waals surface area contributed by atoms with Gasteiger partial charge in [-0.3, -0.25) is 5.84 Å². The second kappa shape index (κ2) is 5.16. The monoisotopic (exact) mass is 225 g/mol. The van der Waals surface area contributed by atoms with E-state index in [9.17, 15) is 0 Å². The van der Waals surface area contributed by atoms with Crippen molar-refractivity contribution < 1.29 is 0 Å². The number of nitrogens with two attached hydrogens (primary N) is 2. The Labute approximate surface area is 95.1 Å². The Morgan fingerprint density at radius 1 is 1.47 bits per heavy atom. The lowest BCUT2D eigenvalue weighted by atomic mass is 10.0. The van der Waals surface area contributed by atoms with Gasteiger partial charge >= 0.3 is 0 Å². The number of anilines is 1. The third kappa shape index (κ3) is 3.23. The highest BCUT2D eigenvalue weighted by atomic mass is 35.5. The van der Waals surface area contributed by atoms with Crippen LogP contribution in [0.1, 0.15) is 25.5 Å². The van der Waals surface area contributed by atoms with Gasteiger partial charge in [0.1, 0.15) is 0 Å². The van der Waals surface area contributed by atoms with Gasteiger partial charge in [-0.15, -0.1) is 0 Å². The molecule has 0 aliphatic heterocycles. The number of nitrogens with one attached hydrogen (secondary N) is 1. The smallest absolute Gasteiger partial charge is 0.0663 e. The third-order valence-corrected chi connectivity index (χ3v) is 2.30. The fourth-order valence-electron chi connectivity index (χ4n) is 1.39. The van der Waals surface area contributed by atoms with Crippen LogP contribution in [-0.2, 0) is 0 Å². The molecule has 0 saturated carbocycles. The molecule has 0 spiro atoms. The number of halogens is 1. The quantitative estimate of drug-likeness (QED) is 0.320. The molecule has 1 aromatic rings. The molecule has 0 saturated heterocycles. The molecule has 1 aromatic carbocycles. The van der Waals surface area contributed by atoms with Crippen molar-refractivity contribution in [3.63, 3.8) is 0 Å². The zero-order valence-electron chi connectivity index (χ0n) is 8.92. The predicted molar refractivity (Wildman–Crippen MR) is 65.4 cm³/mol. The first-order chi connectivity index (χ1) is 7.04. The Balaban J connectivity index is 3.07. The summed E-state index contributed by atoms with van der Waals surface area (Å²) < 4.78 is 0. The average Bonchev–Trinajstić information content (AvgIpc) is 2.14. The van der Waals surface area contributed by atoms with Crippen molar-refractivity contribution in [2.45, 2.75) is 19.9 Å². The van der Waals surface area contributed by atoms with Crippen LogP contribution in [0.4, 0.5) is 5.69 Å². The first-order valence-electron chi connectivity index (χ1n) is 4.70. The van der Waals surface area contributed by atoms with E-state index in [2.05, 4.69) is 5.43 Å². The van der Waals surface area contributed by atoms with Crippen molar-refractivity contribution in [2.24, 2.45) is 5.84 Å². The van der Waals surface area contributed by atoms with Crippen LogP contribution in [0.5, 0.6) is 0 Å². The second-order valence-electron chi connectivity index (χ2n) is 3.66. The van der Waals surface area contributed by atoms with Gasteiger partial charge in [-0.25, -0.2) is 5.43 Å². The summed E-state index contributed by atoms with van der Waals surface area (Å²) in [6.07, 6.45) is 2.01. The molecule has 0 aromatic heterocycles. The minimum absolute atomic E-state index is 0.0766. The van der Waals surface area contributed by atoms with E-state index in [1.165, 1.54) is 5.57 Å². The number of benzene rings is 1. The largest absolute Gasteiger partial charge is 0.398 e. The standard InChI is InChI=1S/C11H16ClN3/c1-7(2)5-11(15-14)9-4-3-8(12)6-10(9)13/h3-6,11,15H,13-14H2,1-2H3. The Kier molecular flexibility index (Phi) is 4.15. The normalized spacial score (nSPS) is 12.3. The summed E-state index contributed by atoms with van der Waals surface area (Å²) >= 11 is 5.82. The summed E-state index contributed by atoms with van der Waals surface area (Å²) in [6, 6.07) is 5.32. The fraction of sp³-hybridized carbons (Fsp3) is 0.273. The molecule has 1 unspecified atom stereocenters. The van der Waals surface area contributed by atoms with Crippen LogP contribution in [0.2, 0.25) is 5.02 Å². The average molecular weight is 226 g/mol. The zero-order valence-corrected chi connectivity index (χ0v) is 9.68.